The van der Waals surface area contributed by atoms with Crippen LogP contribution in [-0.2, 0) is 36.9 Å². The molecule has 4 heterocycles. The number of aromatic nitrogens is 1. The topological polar surface area (TPSA) is 191 Å². The van der Waals surface area contributed by atoms with Crippen LogP contribution < -0.4 is 19.5 Å². The number of ether oxygens (including phenoxy) is 5. The van der Waals surface area contributed by atoms with Gasteiger partial charge in [-0.2, -0.15) is 0 Å². The molecule has 0 spiro atoms. The van der Waals surface area contributed by atoms with Crippen molar-refractivity contribution < 1.29 is 52.8 Å². The van der Waals surface area contributed by atoms with Crippen molar-refractivity contribution in [1.82, 2.24) is 25.0 Å². The second kappa shape index (κ2) is 25.0. The number of likely N-dealkylation sites (tertiary alicyclic amines) is 1. The van der Waals surface area contributed by atoms with Crippen molar-refractivity contribution in [2.24, 2.45) is 5.92 Å². The Morgan fingerprint density at radius 2 is 1.67 bits per heavy atom. The number of hydrogen-bond donors (Lipinski definition) is 2. The van der Waals surface area contributed by atoms with Gasteiger partial charge in [0.25, 0.3) is 17.1 Å². The third-order valence-electron chi connectivity index (χ3n) is 13.1. The first-order valence-electron chi connectivity index (χ1n) is 24.8. The lowest BCUT2D eigenvalue weighted by atomic mass is 10.0. The number of carbonyl (C=O) groups is 5. The first-order valence-corrected chi connectivity index (χ1v) is 26.5. The van der Waals surface area contributed by atoms with Gasteiger partial charge in [-0.3, -0.25) is 28.9 Å². The smallest absolute Gasteiger partial charge is 0.293 e. The van der Waals surface area contributed by atoms with Crippen molar-refractivity contribution in [3.63, 3.8) is 0 Å². The summed E-state index contributed by atoms with van der Waals surface area (Å²) in [6.45, 7) is 17.0. The summed E-state index contributed by atoms with van der Waals surface area (Å²) < 4.78 is 29.6. The number of nitrogens with zero attached hydrogens (tertiary/aromatic N) is 5. The van der Waals surface area contributed by atoms with Crippen molar-refractivity contribution >= 4 is 63.7 Å². The summed E-state index contributed by atoms with van der Waals surface area (Å²) in [5.74, 6) is 0.422. The van der Waals surface area contributed by atoms with E-state index in [-0.39, 0.29) is 60.5 Å². The molecule has 0 bridgehead atoms. The maximum absolute atomic E-state index is 14.3. The van der Waals surface area contributed by atoms with Crippen LogP contribution in [0.3, 0.4) is 0 Å². The molecule has 1 aromatic heterocycles. The Hall–Kier alpha value is -7.08. The van der Waals surface area contributed by atoms with Gasteiger partial charge in [-0.05, 0) is 103 Å². The Kier molecular flexibility index (Phi) is 18.0. The molecule has 5 amide bonds. The number of rotatable bonds is 23. The average Bonchev–Trinajstić information content (AvgIpc) is 4.17. The molecule has 392 valence electrons. The zero-order valence-electron chi connectivity index (χ0n) is 42.5. The fraction of sp³-hybridized carbons (Fsp3) is 0.375. The number of thioether (sulfide) groups is 1. The molecule has 2 saturated heterocycles. The highest BCUT2D eigenvalue weighted by Gasteiger charge is 2.46. The van der Waals surface area contributed by atoms with Gasteiger partial charge in [0, 0.05) is 63.4 Å². The largest absolute Gasteiger partial charge is 0.493 e. The number of hydrogen-bond acceptors (Lipinski definition) is 14. The van der Waals surface area contributed by atoms with Crippen LogP contribution in [0.2, 0.25) is 0 Å². The predicted molar refractivity (Wildman–Crippen MR) is 285 cm³/mol. The molecule has 19 heteroatoms. The number of fused-ring (bicyclic) bond motifs is 1. The van der Waals surface area contributed by atoms with Gasteiger partial charge in [-0.25, -0.2) is 9.83 Å². The van der Waals surface area contributed by atoms with Crippen molar-refractivity contribution in [2.45, 2.75) is 78.2 Å². The fourth-order valence-corrected chi connectivity index (χ4v) is 10.9. The third-order valence-corrected chi connectivity index (χ3v) is 14.9. The molecule has 0 saturated carbocycles. The number of aliphatic hydroxyl groups excluding tert-OH is 1. The molecule has 3 atom stereocenters. The average molecular weight is 1060 g/mol. The van der Waals surface area contributed by atoms with Crippen LogP contribution in [0, 0.1) is 26.3 Å². The fourth-order valence-electron chi connectivity index (χ4n) is 9.22. The van der Waals surface area contributed by atoms with Crippen molar-refractivity contribution in [2.75, 3.05) is 53.2 Å². The number of imide groups is 1. The summed E-state index contributed by atoms with van der Waals surface area (Å²) in [6.07, 6.45) is 1.99. The summed E-state index contributed by atoms with van der Waals surface area (Å²) in [4.78, 5) is 81.0. The normalized spacial score (nSPS) is 17.2. The highest BCUT2D eigenvalue weighted by atomic mass is 32.2. The number of aryl methyl sites for hydroxylation is 2. The van der Waals surface area contributed by atoms with Crippen molar-refractivity contribution in [3.05, 3.63) is 134 Å². The quantitative estimate of drug-likeness (QED) is 0.0359. The highest BCUT2D eigenvalue weighted by Crippen LogP contribution is 2.38. The van der Waals surface area contributed by atoms with Crippen LogP contribution in [0.1, 0.15) is 71.4 Å². The first kappa shape index (κ1) is 54.2. The number of aliphatic hydroxyl groups is 1. The minimum Gasteiger partial charge on any atom is -0.493 e. The van der Waals surface area contributed by atoms with Crippen LogP contribution in [0.4, 0.5) is 10.5 Å². The molecule has 8 rings (SSSR count). The van der Waals surface area contributed by atoms with Crippen molar-refractivity contribution in [3.8, 4) is 33.4 Å². The van der Waals surface area contributed by atoms with E-state index in [9.17, 15) is 29.1 Å². The molecular weight excluding hydrogens is 997 g/mol. The summed E-state index contributed by atoms with van der Waals surface area (Å²) in [5.41, 5.74) is 7.71. The summed E-state index contributed by atoms with van der Waals surface area (Å²) >= 11 is 2.38. The zero-order chi connectivity index (χ0) is 53.2. The molecule has 0 aliphatic carbocycles. The number of thiazole rings is 1. The van der Waals surface area contributed by atoms with E-state index in [2.05, 4.69) is 15.1 Å². The predicted octanol–water partition coefficient (Wildman–Crippen LogP) is 8.97. The van der Waals surface area contributed by atoms with E-state index in [4.69, 9.17) is 30.3 Å². The summed E-state index contributed by atoms with van der Waals surface area (Å²) in [5, 5.41) is 13.4. The number of nitrogens with one attached hydrogen (secondary N) is 1. The number of amides is 5. The van der Waals surface area contributed by atoms with Gasteiger partial charge < -0.3 is 43.9 Å². The lowest BCUT2D eigenvalue weighted by molar-refractivity contribution is -0.143. The molecule has 17 nitrogen and oxygen atoms in total. The Labute approximate surface area is 444 Å². The van der Waals surface area contributed by atoms with Gasteiger partial charge in [-0.15, -0.1) is 11.3 Å². The Morgan fingerprint density at radius 3 is 2.39 bits per heavy atom. The molecular formula is C56H60N6O11S2. The molecule has 2 N–H and O–H groups in total. The number of methoxy groups -OCH3 is 1. The molecule has 4 aromatic carbocycles. The second-order valence-electron chi connectivity index (χ2n) is 18.7. The van der Waals surface area contributed by atoms with Crippen LogP contribution >= 0.6 is 23.1 Å². The molecule has 0 radical (unpaired) electrons. The molecule has 75 heavy (non-hydrogen) atoms. The van der Waals surface area contributed by atoms with Gasteiger partial charge >= 0.3 is 0 Å². The van der Waals surface area contributed by atoms with E-state index >= 15 is 0 Å². The van der Waals surface area contributed by atoms with E-state index in [1.165, 1.54) is 28.2 Å². The van der Waals surface area contributed by atoms with E-state index in [1.807, 2.05) is 58.0 Å². The van der Waals surface area contributed by atoms with E-state index in [1.54, 1.807) is 65.0 Å². The molecule has 5 aromatic rings. The maximum atomic E-state index is 14.3. The van der Waals surface area contributed by atoms with Crippen LogP contribution in [0.15, 0.2) is 89.3 Å². The maximum Gasteiger partial charge on any atom is 0.293 e. The third kappa shape index (κ3) is 12.9. The standard InChI is InChI=1S/C56H60N6O11S2/c1-34(2)50(62-31-40-11-7-8-12-43(40)53(62)65)55(67)61-32-42(63)29-44(61)52(64)58-30-39-15-14-38(51-36(4)59-33-74-51)28-47(39)72-23-10-22-70-20-9-21-71-24-19-60-54(66)49(75-56(60)68)27-37-13-17-46(48(26-37)69-6)73-45-18-16-41(57-5)25-35(45)3/h7-8,11-18,25-28,33-34,42,44,50,63H,9-10,19-24,29-32H2,1-4,6H3,(H,58,64)/b49-27-/t42-,44+,50+/m1/s1. The lowest BCUT2D eigenvalue weighted by Gasteiger charge is -2.35. The van der Waals surface area contributed by atoms with Gasteiger partial charge in [-0.1, -0.05) is 56.3 Å². The van der Waals surface area contributed by atoms with Crippen LogP contribution in [-0.4, -0.2) is 125 Å². The van der Waals surface area contributed by atoms with E-state index in [0.717, 1.165) is 44.6 Å². The Bertz CT molecular complexity index is 3010. The lowest BCUT2D eigenvalue weighted by Crippen LogP contribution is -2.55. The van der Waals surface area contributed by atoms with Crippen LogP contribution in [0.25, 0.3) is 21.4 Å². The zero-order valence-corrected chi connectivity index (χ0v) is 44.2. The van der Waals surface area contributed by atoms with Crippen molar-refractivity contribution in [1.29, 1.82) is 0 Å². The SMILES string of the molecule is [C-]#[N+]c1ccc(Oc2ccc(/C=C3\SC(=O)N(CCOCCCOCCCOc4cc(-c5scnc5C)ccc4CNC(=O)[C@@H]4C[C@@H](O)CN4C(=O)[C@H](C(C)C)N4Cc5ccccc5C4=O)C3=O)cc2OC)c(C)c1. The van der Waals surface area contributed by atoms with Gasteiger partial charge in [0.05, 0.1) is 60.5 Å². The van der Waals surface area contributed by atoms with Gasteiger partial charge in [0.1, 0.15) is 23.6 Å². The summed E-state index contributed by atoms with van der Waals surface area (Å²) in [6, 6.07) is 21.7. The molecule has 2 fully saturated rings. The van der Waals surface area contributed by atoms with E-state index in [0.29, 0.717) is 85.6 Å². The minimum absolute atomic E-state index is 0.0136. The number of benzene rings is 4. The number of β-amino-alcohol motifs (C(OH)–C–C–N with tert-alkyl or cyclic N) is 1. The van der Waals surface area contributed by atoms with Gasteiger partial charge in [0.15, 0.2) is 17.2 Å². The second-order valence-corrected chi connectivity index (χ2v) is 20.5. The van der Waals surface area contributed by atoms with Gasteiger partial charge in [0.2, 0.25) is 11.8 Å². The Morgan fingerprint density at radius 1 is 0.907 bits per heavy atom. The van der Waals surface area contributed by atoms with Crippen LogP contribution in [0.5, 0.6) is 23.0 Å². The number of carbonyl (C=O) groups excluding carboxylic acids is 5. The molecule has 3 aliphatic heterocycles. The molecule has 3 aliphatic rings. The highest BCUT2D eigenvalue weighted by molar-refractivity contribution is 8.18. The Balaban J connectivity index is 0.771. The monoisotopic (exact) mass is 1060 g/mol. The van der Waals surface area contributed by atoms with E-state index < -0.39 is 30.0 Å². The summed E-state index contributed by atoms with van der Waals surface area (Å²) in [7, 11) is 1.52. The first-order chi connectivity index (χ1) is 36.2. The minimum atomic E-state index is -0.925. The molecule has 0 unspecified atom stereocenters.